The van der Waals surface area contributed by atoms with Crippen molar-refractivity contribution in [1.82, 2.24) is 20.1 Å². The van der Waals surface area contributed by atoms with Gasteiger partial charge in [-0.2, -0.15) is 5.10 Å². The van der Waals surface area contributed by atoms with E-state index in [-0.39, 0.29) is 29.1 Å². The van der Waals surface area contributed by atoms with E-state index in [2.05, 4.69) is 15.4 Å². The van der Waals surface area contributed by atoms with Gasteiger partial charge in [0.25, 0.3) is 5.91 Å². The van der Waals surface area contributed by atoms with Crippen LogP contribution in [0.3, 0.4) is 0 Å². The third kappa shape index (κ3) is 3.14. The number of aryl methyl sites for hydroxylation is 2. The fourth-order valence-corrected chi connectivity index (χ4v) is 3.77. The molecule has 4 rings (SSSR count). The van der Waals surface area contributed by atoms with Gasteiger partial charge in [0.1, 0.15) is 5.56 Å². The standard InChI is InChI=1S/C20H22N4O3/c1-11-4-3-5-15-17(11)21-9-16(19(15)26)20(27)23-18(12-6-14(25)7-12)13-8-22-24(2)10-13/h3-5,8-10,12,14,18,25H,6-7H2,1-2H3,(H,21,26)(H,23,27). The fourth-order valence-electron chi connectivity index (χ4n) is 3.77. The molecule has 0 spiro atoms. The Hall–Kier alpha value is -2.93. The van der Waals surface area contributed by atoms with E-state index in [0.717, 1.165) is 16.6 Å². The number of hydrogen-bond acceptors (Lipinski definition) is 4. The van der Waals surface area contributed by atoms with Crippen molar-refractivity contribution in [2.24, 2.45) is 13.0 Å². The normalized spacial score (nSPS) is 20.3. The van der Waals surface area contributed by atoms with Crippen molar-refractivity contribution in [3.8, 4) is 0 Å². The van der Waals surface area contributed by atoms with E-state index in [1.165, 1.54) is 6.20 Å². The van der Waals surface area contributed by atoms with Crippen molar-refractivity contribution in [2.75, 3.05) is 0 Å². The lowest BCUT2D eigenvalue weighted by Gasteiger charge is -2.37. The SMILES string of the molecule is Cc1cccc2c(=O)c(C(=O)NC(c3cnn(C)c3)C3CC(O)C3)c[nH]c12. The van der Waals surface area contributed by atoms with Crippen molar-refractivity contribution >= 4 is 16.8 Å². The average molecular weight is 366 g/mol. The third-order valence-corrected chi connectivity index (χ3v) is 5.36. The highest BCUT2D eigenvalue weighted by Gasteiger charge is 2.36. The largest absolute Gasteiger partial charge is 0.393 e. The van der Waals surface area contributed by atoms with Gasteiger partial charge in [-0.15, -0.1) is 0 Å². The maximum atomic E-state index is 12.9. The van der Waals surface area contributed by atoms with E-state index in [0.29, 0.717) is 18.2 Å². The van der Waals surface area contributed by atoms with E-state index in [4.69, 9.17) is 0 Å². The van der Waals surface area contributed by atoms with Gasteiger partial charge in [-0.1, -0.05) is 12.1 Å². The summed E-state index contributed by atoms with van der Waals surface area (Å²) in [6.45, 7) is 1.92. The van der Waals surface area contributed by atoms with Crippen LogP contribution in [0.25, 0.3) is 10.9 Å². The summed E-state index contributed by atoms with van der Waals surface area (Å²) >= 11 is 0. The van der Waals surface area contributed by atoms with Crippen LogP contribution in [-0.2, 0) is 7.05 Å². The van der Waals surface area contributed by atoms with Gasteiger partial charge in [-0.05, 0) is 37.3 Å². The van der Waals surface area contributed by atoms with Gasteiger partial charge in [0.2, 0.25) is 5.43 Å². The van der Waals surface area contributed by atoms with Crippen LogP contribution in [0.2, 0.25) is 0 Å². The molecule has 1 saturated carbocycles. The highest BCUT2D eigenvalue weighted by Crippen LogP contribution is 2.38. The van der Waals surface area contributed by atoms with E-state index in [1.54, 1.807) is 16.9 Å². The Morgan fingerprint density at radius 2 is 2.19 bits per heavy atom. The first-order valence-electron chi connectivity index (χ1n) is 9.02. The Kier molecular flexibility index (Phi) is 4.31. The highest BCUT2D eigenvalue weighted by atomic mass is 16.3. The van der Waals surface area contributed by atoms with Crippen LogP contribution < -0.4 is 10.7 Å². The number of aliphatic hydroxyl groups is 1. The topological polar surface area (TPSA) is 100 Å². The van der Waals surface area contributed by atoms with Crippen molar-refractivity contribution in [2.45, 2.75) is 31.9 Å². The van der Waals surface area contributed by atoms with Crippen molar-refractivity contribution in [1.29, 1.82) is 0 Å². The lowest BCUT2D eigenvalue weighted by molar-refractivity contribution is 0.0235. The molecule has 1 aliphatic rings. The van der Waals surface area contributed by atoms with Crippen molar-refractivity contribution in [3.05, 3.63) is 63.7 Å². The Morgan fingerprint density at radius 1 is 1.41 bits per heavy atom. The summed E-state index contributed by atoms with van der Waals surface area (Å²) in [4.78, 5) is 28.8. The molecule has 2 aromatic heterocycles. The second kappa shape index (κ2) is 6.66. The van der Waals surface area contributed by atoms with Gasteiger partial charge < -0.3 is 15.4 Å². The first kappa shape index (κ1) is 17.5. The second-order valence-corrected chi connectivity index (χ2v) is 7.31. The quantitative estimate of drug-likeness (QED) is 0.656. The van der Waals surface area contributed by atoms with Crippen LogP contribution in [0.1, 0.15) is 40.4 Å². The summed E-state index contributed by atoms with van der Waals surface area (Å²) < 4.78 is 1.68. The molecule has 1 amide bonds. The average Bonchev–Trinajstić information content (AvgIpc) is 3.04. The number of carbonyl (C=O) groups is 1. The number of benzene rings is 1. The van der Waals surface area contributed by atoms with E-state index >= 15 is 0 Å². The Bertz CT molecular complexity index is 1060. The number of nitrogens with one attached hydrogen (secondary N) is 2. The molecule has 7 nitrogen and oxygen atoms in total. The van der Waals surface area contributed by atoms with Gasteiger partial charge in [-0.25, -0.2) is 0 Å². The Morgan fingerprint density at radius 3 is 2.85 bits per heavy atom. The zero-order valence-electron chi connectivity index (χ0n) is 15.3. The minimum absolute atomic E-state index is 0.0851. The minimum atomic E-state index is -0.421. The van der Waals surface area contributed by atoms with Gasteiger partial charge in [0.15, 0.2) is 0 Å². The Labute approximate surface area is 156 Å². The minimum Gasteiger partial charge on any atom is -0.393 e. The molecule has 0 saturated heterocycles. The van der Waals surface area contributed by atoms with Crippen molar-refractivity contribution < 1.29 is 9.90 Å². The molecule has 3 aromatic rings. The lowest BCUT2D eigenvalue weighted by Crippen LogP contribution is -2.42. The molecule has 0 bridgehead atoms. The summed E-state index contributed by atoms with van der Waals surface area (Å²) in [6, 6.07) is 5.15. The van der Waals surface area contributed by atoms with Gasteiger partial charge in [0, 0.05) is 30.4 Å². The molecule has 1 atom stereocenters. The summed E-state index contributed by atoms with van der Waals surface area (Å²) in [7, 11) is 1.81. The van der Waals surface area contributed by atoms with Crippen LogP contribution >= 0.6 is 0 Å². The predicted octanol–water partition coefficient (Wildman–Crippen LogP) is 1.81. The maximum absolute atomic E-state index is 12.9. The molecule has 27 heavy (non-hydrogen) atoms. The smallest absolute Gasteiger partial charge is 0.257 e. The molecule has 3 N–H and O–H groups in total. The molecule has 1 aliphatic carbocycles. The molecule has 2 heterocycles. The molecule has 7 heteroatoms. The summed E-state index contributed by atoms with van der Waals surface area (Å²) in [5.41, 5.74) is 2.36. The number of aliphatic hydroxyl groups excluding tert-OH is 1. The van der Waals surface area contributed by atoms with Crippen LogP contribution in [0.5, 0.6) is 0 Å². The monoisotopic (exact) mass is 366 g/mol. The first-order chi connectivity index (χ1) is 12.9. The summed E-state index contributed by atoms with van der Waals surface area (Å²) in [5, 5.41) is 17.3. The van der Waals surface area contributed by atoms with Crippen LogP contribution in [0, 0.1) is 12.8 Å². The lowest BCUT2D eigenvalue weighted by atomic mass is 9.75. The molecule has 1 fully saturated rings. The number of amides is 1. The highest BCUT2D eigenvalue weighted by molar-refractivity contribution is 5.97. The third-order valence-electron chi connectivity index (χ3n) is 5.36. The molecule has 0 aliphatic heterocycles. The van der Waals surface area contributed by atoms with Crippen molar-refractivity contribution in [3.63, 3.8) is 0 Å². The number of aromatic nitrogens is 3. The fraction of sp³-hybridized carbons (Fsp3) is 0.350. The molecule has 1 aromatic carbocycles. The Balaban J connectivity index is 1.66. The molecule has 0 radical (unpaired) electrons. The first-order valence-corrected chi connectivity index (χ1v) is 9.02. The van der Waals surface area contributed by atoms with Gasteiger partial charge in [0.05, 0.1) is 23.9 Å². The number of carbonyl (C=O) groups excluding carboxylic acids is 1. The summed E-state index contributed by atoms with van der Waals surface area (Å²) in [6.07, 6.45) is 5.94. The number of rotatable bonds is 4. The van der Waals surface area contributed by atoms with Gasteiger partial charge in [-0.3, -0.25) is 14.3 Å². The maximum Gasteiger partial charge on any atom is 0.257 e. The molecule has 140 valence electrons. The van der Waals surface area contributed by atoms with E-state index in [1.807, 2.05) is 32.3 Å². The van der Waals surface area contributed by atoms with E-state index < -0.39 is 5.91 Å². The van der Waals surface area contributed by atoms with E-state index in [9.17, 15) is 14.7 Å². The number of nitrogens with zero attached hydrogens (tertiary/aromatic N) is 2. The number of hydrogen-bond donors (Lipinski definition) is 3. The second-order valence-electron chi connectivity index (χ2n) is 7.31. The summed E-state index contributed by atoms with van der Waals surface area (Å²) in [5.74, 6) is -0.301. The number of pyridine rings is 1. The number of aromatic amines is 1. The zero-order valence-corrected chi connectivity index (χ0v) is 15.3. The van der Waals surface area contributed by atoms with Crippen LogP contribution in [0.4, 0.5) is 0 Å². The molecule has 1 unspecified atom stereocenters. The number of H-pyrrole nitrogens is 1. The van der Waals surface area contributed by atoms with Crippen LogP contribution in [0.15, 0.2) is 41.6 Å². The number of para-hydroxylation sites is 1. The van der Waals surface area contributed by atoms with Crippen LogP contribution in [-0.4, -0.2) is 31.9 Å². The predicted molar refractivity (Wildman–Crippen MR) is 101 cm³/mol. The van der Waals surface area contributed by atoms with Gasteiger partial charge >= 0.3 is 0 Å². The zero-order chi connectivity index (χ0) is 19.1. The number of fused-ring (bicyclic) bond motifs is 1. The molecular weight excluding hydrogens is 344 g/mol. The molecular formula is C20H22N4O3.